The second kappa shape index (κ2) is 7.48. The summed E-state index contributed by atoms with van der Waals surface area (Å²) in [5, 5.41) is 16.3. The van der Waals surface area contributed by atoms with E-state index in [1.807, 2.05) is 6.92 Å². The molecule has 1 aromatic carbocycles. The first-order valence-electron chi connectivity index (χ1n) is 9.51. The quantitative estimate of drug-likeness (QED) is 0.729. The van der Waals surface area contributed by atoms with Crippen LogP contribution in [0.2, 0.25) is 0 Å². The molecule has 0 saturated heterocycles. The molecule has 3 aromatic rings. The van der Waals surface area contributed by atoms with Crippen LogP contribution in [0.3, 0.4) is 0 Å². The Morgan fingerprint density at radius 3 is 2.89 bits per heavy atom. The normalized spacial score (nSPS) is 14.7. The molecule has 1 amide bonds. The van der Waals surface area contributed by atoms with Crippen molar-refractivity contribution in [3.63, 3.8) is 0 Å². The van der Waals surface area contributed by atoms with Crippen LogP contribution in [0, 0.1) is 0 Å². The predicted octanol–water partition coefficient (Wildman–Crippen LogP) is 2.63. The van der Waals surface area contributed by atoms with Gasteiger partial charge in [0.25, 0.3) is 5.91 Å². The molecule has 1 unspecified atom stereocenters. The van der Waals surface area contributed by atoms with Crippen LogP contribution in [-0.4, -0.2) is 32.2 Å². The van der Waals surface area contributed by atoms with Crippen molar-refractivity contribution < 1.29 is 9.90 Å². The van der Waals surface area contributed by atoms with E-state index in [1.165, 1.54) is 24.0 Å². The Morgan fingerprint density at radius 1 is 1.26 bits per heavy atom. The third-order valence-electron chi connectivity index (χ3n) is 5.28. The largest absolute Gasteiger partial charge is 0.396 e. The number of nitrogens with one attached hydrogen (secondary N) is 1. The van der Waals surface area contributed by atoms with Crippen LogP contribution in [-0.2, 0) is 19.3 Å². The van der Waals surface area contributed by atoms with Crippen molar-refractivity contribution in [1.29, 1.82) is 0 Å². The van der Waals surface area contributed by atoms with Crippen molar-refractivity contribution in [1.82, 2.24) is 19.9 Å². The summed E-state index contributed by atoms with van der Waals surface area (Å²) >= 11 is 0. The van der Waals surface area contributed by atoms with E-state index in [-0.39, 0.29) is 18.6 Å². The lowest BCUT2D eigenvalue weighted by molar-refractivity contribution is 0.0941. The lowest BCUT2D eigenvalue weighted by atomic mass is 9.89. The summed E-state index contributed by atoms with van der Waals surface area (Å²) in [5.74, 6) is -0.183. The maximum Gasteiger partial charge on any atom is 0.257 e. The summed E-state index contributed by atoms with van der Waals surface area (Å²) in [6.45, 7) is 2.06. The molecule has 2 N–H and O–H groups in total. The van der Waals surface area contributed by atoms with Gasteiger partial charge in [-0.2, -0.15) is 5.10 Å². The van der Waals surface area contributed by atoms with Gasteiger partial charge in [0, 0.05) is 19.0 Å². The second-order valence-electron chi connectivity index (χ2n) is 7.19. The molecule has 0 radical (unpaired) electrons. The number of nitrogens with zero attached hydrogens (tertiary/aromatic N) is 3. The summed E-state index contributed by atoms with van der Waals surface area (Å²) in [6, 6.07) is 6.46. The molecule has 0 bridgehead atoms. The number of aromatic nitrogens is 3. The number of amides is 1. The van der Waals surface area contributed by atoms with E-state index >= 15 is 0 Å². The maximum atomic E-state index is 12.8. The molecule has 1 aliphatic rings. The Labute approximate surface area is 158 Å². The number of carbonyl (C=O) groups excluding carboxylic acids is 1. The topological polar surface area (TPSA) is 79.5 Å². The van der Waals surface area contributed by atoms with E-state index in [0.29, 0.717) is 17.6 Å². The number of aliphatic hydroxyl groups excluding tert-OH is 1. The Balaban J connectivity index is 1.52. The molecule has 1 aliphatic carbocycles. The van der Waals surface area contributed by atoms with Crippen LogP contribution < -0.4 is 5.32 Å². The highest BCUT2D eigenvalue weighted by atomic mass is 16.3. The highest BCUT2D eigenvalue weighted by Gasteiger charge is 2.18. The molecule has 2 aromatic heterocycles. The predicted molar refractivity (Wildman–Crippen MR) is 103 cm³/mol. The minimum Gasteiger partial charge on any atom is -0.396 e. The molecule has 0 spiro atoms. The van der Waals surface area contributed by atoms with Crippen molar-refractivity contribution >= 4 is 11.6 Å². The molecule has 27 heavy (non-hydrogen) atoms. The van der Waals surface area contributed by atoms with Gasteiger partial charge in [-0.15, -0.1) is 0 Å². The summed E-state index contributed by atoms with van der Waals surface area (Å²) in [5.41, 5.74) is 5.83. The van der Waals surface area contributed by atoms with Crippen LogP contribution in [0.5, 0.6) is 0 Å². The highest BCUT2D eigenvalue weighted by molar-refractivity contribution is 5.99. The van der Waals surface area contributed by atoms with Gasteiger partial charge in [0.05, 0.1) is 12.2 Å². The molecule has 6 heteroatoms. The fraction of sp³-hybridized carbons (Fsp3) is 0.381. The van der Waals surface area contributed by atoms with Crippen molar-refractivity contribution in [2.24, 2.45) is 0 Å². The highest BCUT2D eigenvalue weighted by Crippen LogP contribution is 2.25. The first-order chi connectivity index (χ1) is 13.2. The van der Waals surface area contributed by atoms with Gasteiger partial charge in [0.1, 0.15) is 5.56 Å². The molecule has 0 fully saturated rings. The van der Waals surface area contributed by atoms with E-state index < -0.39 is 0 Å². The van der Waals surface area contributed by atoms with Crippen LogP contribution in [0.1, 0.15) is 58.4 Å². The summed E-state index contributed by atoms with van der Waals surface area (Å²) in [6.07, 6.45) is 10.3. The number of aliphatic hydroxyl groups is 1. The molecule has 0 aliphatic heterocycles. The number of hydrogen-bond donors (Lipinski definition) is 2. The average molecular weight is 364 g/mol. The molecule has 4 rings (SSSR count). The second-order valence-corrected chi connectivity index (χ2v) is 7.19. The summed E-state index contributed by atoms with van der Waals surface area (Å²) in [7, 11) is 0. The summed E-state index contributed by atoms with van der Waals surface area (Å²) < 4.78 is 1.59. The standard InChI is InChI=1S/C21H24N4O2/c1-14(17-7-6-16-4-2-3-5-18(16)10-17)24-21(27)19-12-23-25-13-15(8-9-26)11-22-20(19)25/h6-7,10-14,26H,2-5,8-9H2,1H3,(H,24,27). The van der Waals surface area contributed by atoms with Crippen LogP contribution >= 0.6 is 0 Å². The molecule has 0 saturated carbocycles. The van der Waals surface area contributed by atoms with E-state index in [4.69, 9.17) is 5.11 Å². The number of fused-ring (bicyclic) bond motifs is 2. The van der Waals surface area contributed by atoms with E-state index in [9.17, 15) is 4.79 Å². The third kappa shape index (κ3) is 3.57. The zero-order valence-corrected chi connectivity index (χ0v) is 15.5. The Hall–Kier alpha value is -2.73. The fourth-order valence-electron chi connectivity index (χ4n) is 3.71. The average Bonchev–Trinajstić information content (AvgIpc) is 3.11. The van der Waals surface area contributed by atoms with Gasteiger partial charge in [-0.1, -0.05) is 18.2 Å². The Bertz CT molecular complexity index is 979. The van der Waals surface area contributed by atoms with Crippen molar-refractivity contribution in [2.75, 3.05) is 6.61 Å². The monoisotopic (exact) mass is 364 g/mol. The van der Waals surface area contributed by atoms with Crippen LogP contribution in [0.4, 0.5) is 0 Å². The van der Waals surface area contributed by atoms with Gasteiger partial charge >= 0.3 is 0 Å². The van der Waals surface area contributed by atoms with Crippen LogP contribution in [0.15, 0.2) is 36.8 Å². The van der Waals surface area contributed by atoms with Crippen molar-refractivity contribution in [3.8, 4) is 0 Å². The zero-order chi connectivity index (χ0) is 18.8. The Morgan fingerprint density at radius 2 is 2.07 bits per heavy atom. The number of benzene rings is 1. The molecular weight excluding hydrogens is 340 g/mol. The number of carbonyl (C=O) groups is 1. The first-order valence-corrected chi connectivity index (χ1v) is 9.51. The zero-order valence-electron chi connectivity index (χ0n) is 15.5. The van der Waals surface area contributed by atoms with Gasteiger partial charge < -0.3 is 10.4 Å². The first kappa shape index (κ1) is 17.7. The van der Waals surface area contributed by atoms with Gasteiger partial charge in [-0.05, 0) is 61.3 Å². The summed E-state index contributed by atoms with van der Waals surface area (Å²) in [4.78, 5) is 17.1. The lowest BCUT2D eigenvalue weighted by Gasteiger charge is -2.20. The van der Waals surface area contributed by atoms with E-state index in [1.54, 1.807) is 23.1 Å². The molecule has 1 atom stereocenters. The van der Waals surface area contributed by atoms with Gasteiger partial charge in [-0.25, -0.2) is 9.50 Å². The molecule has 6 nitrogen and oxygen atoms in total. The Kier molecular flexibility index (Phi) is 4.90. The lowest BCUT2D eigenvalue weighted by Crippen LogP contribution is -2.27. The maximum absolute atomic E-state index is 12.8. The number of hydrogen-bond acceptors (Lipinski definition) is 4. The number of rotatable bonds is 5. The van der Waals surface area contributed by atoms with Crippen molar-refractivity contribution in [2.45, 2.75) is 45.1 Å². The minimum atomic E-state index is -0.183. The third-order valence-corrected chi connectivity index (χ3v) is 5.28. The van der Waals surface area contributed by atoms with Gasteiger partial charge in [0.2, 0.25) is 0 Å². The van der Waals surface area contributed by atoms with Crippen LogP contribution in [0.25, 0.3) is 5.65 Å². The van der Waals surface area contributed by atoms with Crippen molar-refractivity contribution in [3.05, 3.63) is 64.6 Å². The SMILES string of the molecule is CC(NC(=O)c1cnn2cc(CCO)cnc12)c1ccc2c(c1)CCCC2. The van der Waals surface area contributed by atoms with E-state index in [2.05, 4.69) is 33.6 Å². The minimum absolute atomic E-state index is 0.0556. The van der Waals surface area contributed by atoms with Gasteiger partial charge in [-0.3, -0.25) is 4.79 Å². The van der Waals surface area contributed by atoms with Gasteiger partial charge in [0.15, 0.2) is 5.65 Å². The fourth-order valence-corrected chi connectivity index (χ4v) is 3.71. The molecule has 2 heterocycles. The molecular formula is C21H24N4O2. The smallest absolute Gasteiger partial charge is 0.257 e. The number of aryl methyl sites for hydroxylation is 2. The van der Waals surface area contributed by atoms with E-state index in [0.717, 1.165) is 24.0 Å². The molecule has 140 valence electrons.